The lowest BCUT2D eigenvalue weighted by atomic mass is 10.2. The fourth-order valence-corrected chi connectivity index (χ4v) is 3.89. The predicted molar refractivity (Wildman–Crippen MR) is 85.8 cm³/mol. The lowest BCUT2D eigenvalue weighted by Crippen LogP contribution is -2.05. The largest absolute Gasteiger partial charge is 0.486 e. The number of hydrogen-bond donors (Lipinski definition) is 1. The summed E-state index contributed by atoms with van der Waals surface area (Å²) in [6.45, 7) is 3.35. The third kappa shape index (κ3) is 4.02. The Morgan fingerprint density at radius 2 is 2.00 bits per heavy atom. The molecule has 6 heteroatoms. The van der Waals surface area contributed by atoms with E-state index in [1.807, 2.05) is 20.2 Å². The van der Waals surface area contributed by atoms with Gasteiger partial charge in [-0.15, -0.1) is 11.3 Å². The Morgan fingerprint density at radius 3 is 2.53 bits per heavy atom. The molecular formula is C13H14Br2N2OS. The molecule has 0 aliphatic carbocycles. The standard InChI is InChI=1S/C13H14Br2N2OS/c1-8-17-6-10(19-8)7-18-13-11(14)3-9(5-16-2)4-12(13)15/h3-4,6,16H,5,7H2,1-2H3. The number of hydrogen-bond acceptors (Lipinski definition) is 4. The van der Waals surface area contributed by atoms with E-state index in [0.717, 1.165) is 31.1 Å². The van der Waals surface area contributed by atoms with Gasteiger partial charge in [0.05, 0.1) is 18.8 Å². The lowest BCUT2D eigenvalue weighted by molar-refractivity contribution is 0.305. The van der Waals surface area contributed by atoms with Gasteiger partial charge in [0.25, 0.3) is 0 Å². The fraction of sp³-hybridized carbons (Fsp3) is 0.308. The lowest BCUT2D eigenvalue weighted by Gasteiger charge is -2.11. The van der Waals surface area contributed by atoms with Gasteiger partial charge in [0, 0.05) is 12.7 Å². The molecule has 1 heterocycles. The summed E-state index contributed by atoms with van der Waals surface area (Å²) >= 11 is 8.76. The smallest absolute Gasteiger partial charge is 0.148 e. The predicted octanol–water partition coefficient (Wildman–Crippen LogP) is 4.27. The van der Waals surface area contributed by atoms with E-state index in [1.54, 1.807) is 11.3 Å². The number of benzene rings is 1. The number of halogens is 2. The second-order valence-electron chi connectivity index (χ2n) is 4.05. The molecule has 0 bridgehead atoms. The van der Waals surface area contributed by atoms with E-state index in [0.29, 0.717) is 6.61 Å². The third-order valence-corrected chi connectivity index (χ3v) is 4.53. The van der Waals surface area contributed by atoms with Crippen LogP contribution in [0.15, 0.2) is 27.3 Å². The number of aromatic nitrogens is 1. The molecule has 1 aromatic heterocycles. The van der Waals surface area contributed by atoms with Crippen molar-refractivity contribution in [2.24, 2.45) is 0 Å². The number of nitrogens with zero attached hydrogens (tertiary/aromatic N) is 1. The van der Waals surface area contributed by atoms with Crippen LogP contribution in [0.5, 0.6) is 5.75 Å². The minimum atomic E-state index is 0.536. The van der Waals surface area contributed by atoms with Crippen LogP contribution in [0.25, 0.3) is 0 Å². The maximum Gasteiger partial charge on any atom is 0.148 e. The summed E-state index contributed by atoms with van der Waals surface area (Å²) in [5.74, 6) is 0.825. The summed E-state index contributed by atoms with van der Waals surface area (Å²) in [6, 6.07) is 4.13. The second-order valence-corrected chi connectivity index (χ2v) is 7.08. The van der Waals surface area contributed by atoms with Crippen molar-refractivity contribution in [3.05, 3.63) is 42.7 Å². The molecule has 0 atom stereocenters. The van der Waals surface area contributed by atoms with Crippen LogP contribution in [0.1, 0.15) is 15.4 Å². The van der Waals surface area contributed by atoms with Gasteiger partial charge in [0.15, 0.2) is 0 Å². The topological polar surface area (TPSA) is 34.1 Å². The highest BCUT2D eigenvalue weighted by Crippen LogP contribution is 2.35. The SMILES string of the molecule is CNCc1cc(Br)c(OCc2cnc(C)s2)c(Br)c1. The molecule has 19 heavy (non-hydrogen) atoms. The summed E-state index contributed by atoms with van der Waals surface area (Å²) in [7, 11) is 1.93. The van der Waals surface area contributed by atoms with Gasteiger partial charge in [-0.2, -0.15) is 0 Å². The fourth-order valence-electron chi connectivity index (χ4n) is 1.67. The van der Waals surface area contributed by atoms with Crippen molar-refractivity contribution < 1.29 is 4.74 Å². The first-order chi connectivity index (χ1) is 9.10. The molecule has 0 saturated heterocycles. The molecule has 0 fully saturated rings. The van der Waals surface area contributed by atoms with E-state index in [2.05, 4.69) is 54.3 Å². The van der Waals surface area contributed by atoms with E-state index in [-0.39, 0.29) is 0 Å². The Labute approximate surface area is 133 Å². The van der Waals surface area contributed by atoms with Crippen LogP contribution in [-0.4, -0.2) is 12.0 Å². The summed E-state index contributed by atoms with van der Waals surface area (Å²) in [4.78, 5) is 5.34. The first-order valence-electron chi connectivity index (χ1n) is 5.76. The number of ether oxygens (including phenoxy) is 1. The van der Waals surface area contributed by atoms with E-state index < -0.39 is 0 Å². The molecule has 0 amide bonds. The molecule has 0 aliphatic heterocycles. The molecule has 1 N–H and O–H groups in total. The summed E-state index contributed by atoms with van der Waals surface area (Å²) < 4.78 is 7.76. The highest BCUT2D eigenvalue weighted by Gasteiger charge is 2.10. The van der Waals surface area contributed by atoms with Gasteiger partial charge in [-0.3, -0.25) is 0 Å². The Balaban J connectivity index is 2.11. The van der Waals surface area contributed by atoms with Crippen LogP contribution in [-0.2, 0) is 13.2 Å². The van der Waals surface area contributed by atoms with Gasteiger partial charge in [0.1, 0.15) is 12.4 Å². The minimum absolute atomic E-state index is 0.536. The molecule has 3 nitrogen and oxygen atoms in total. The van der Waals surface area contributed by atoms with Crippen LogP contribution in [0.3, 0.4) is 0 Å². The van der Waals surface area contributed by atoms with Crippen molar-refractivity contribution in [1.82, 2.24) is 10.3 Å². The maximum atomic E-state index is 5.86. The van der Waals surface area contributed by atoms with Crippen molar-refractivity contribution >= 4 is 43.2 Å². The Morgan fingerprint density at radius 1 is 1.32 bits per heavy atom. The number of rotatable bonds is 5. The van der Waals surface area contributed by atoms with E-state index in [4.69, 9.17) is 4.74 Å². The monoisotopic (exact) mass is 404 g/mol. The van der Waals surface area contributed by atoms with Crippen LogP contribution < -0.4 is 10.1 Å². The highest BCUT2D eigenvalue weighted by molar-refractivity contribution is 9.11. The zero-order valence-electron chi connectivity index (χ0n) is 10.7. The Kier molecular flexibility index (Phi) is 5.38. The van der Waals surface area contributed by atoms with Crippen molar-refractivity contribution in [2.75, 3.05) is 7.05 Å². The van der Waals surface area contributed by atoms with Crippen LogP contribution in [0, 0.1) is 6.92 Å². The third-order valence-electron chi connectivity index (χ3n) is 2.47. The molecule has 0 aliphatic rings. The molecular weight excluding hydrogens is 392 g/mol. The Hall–Kier alpha value is -0.430. The Bertz CT molecular complexity index is 549. The zero-order valence-corrected chi connectivity index (χ0v) is 14.7. The van der Waals surface area contributed by atoms with Gasteiger partial charge < -0.3 is 10.1 Å². The number of nitrogens with one attached hydrogen (secondary N) is 1. The summed E-state index contributed by atoms with van der Waals surface area (Å²) in [5, 5.41) is 4.19. The van der Waals surface area contributed by atoms with Gasteiger partial charge >= 0.3 is 0 Å². The van der Waals surface area contributed by atoms with E-state index in [9.17, 15) is 0 Å². The minimum Gasteiger partial charge on any atom is -0.486 e. The maximum absolute atomic E-state index is 5.86. The van der Waals surface area contributed by atoms with Crippen molar-refractivity contribution in [2.45, 2.75) is 20.1 Å². The van der Waals surface area contributed by atoms with Gasteiger partial charge in [0.2, 0.25) is 0 Å². The van der Waals surface area contributed by atoms with Crippen LogP contribution >= 0.6 is 43.2 Å². The zero-order chi connectivity index (χ0) is 13.8. The molecule has 0 radical (unpaired) electrons. The van der Waals surface area contributed by atoms with Crippen molar-refractivity contribution in [3.8, 4) is 5.75 Å². The molecule has 0 saturated carbocycles. The second kappa shape index (κ2) is 6.83. The first-order valence-corrected chi connectivity index (χ1v) is 8.17. The average Bonchev–Trinajstić information content (AvgIpc) is 2.74. The quantitative estimate of drug-likeness (QED) is 0.806. The highest BCUT2D eigenvalue weighted by atomic mass is 79.9. The van der Waals surface area contributed by atoms with Crippen molar-refractivity contribution in [1.29, 1.82) is 0 Å². The summed E-state index contributed by atoms with van der Waals surface area (Å²) in [6.07, 6.45) is 1.86. The molecule has 102 valence electrons. The first kappa shape index (κ1) is 15.0. The van der Waals surface area contributed by atoms with Gasteiger partial charge in [-0.05, 0) is 63.5 Å². The van der Waals surface area contributed by atoms with Gasteiger partial charge in [-0.1, -0.05) is 0 Å². The normalized spacial score (nSPS) is 10.7. The number of aryl methyl sites for hydroxylation is 1. The van der Waals surface area contributed by atoms with E-state index >= 15 is 0 Å². The average molecular weight is 406 g/mol. The van der Waals surface area contributed by atoms with Crippen LogP contribution in [0.2, 0.25) is 0 Å². The molecule has 1 aromatic carbocycles. The van der Waals surface area contributed by atoms with Crippen molar-refractivity contribution in [3.63, 3.8) is 0 Å². The van der Waals surface area contributed by atoms with Gasteiger partial charge in [-0.25, -0.2) is 4.98 Å². The number of thiazole rings is 1. The van der Waals surface area contributed by atoms with E-state index in [1.165, 1.54) is 5.56 Å². The molecule has 0 spiro atoms. The molecule has 2 aromatic rings. The summed E-state index contributed by atoms with van der Waals surface area (Å²) in [5.41, 5.74) is 1.20. The molecule has 0 unspecified atom stereocenters. The molecule has 2 rings (SSSR count). The van der Waals surface area contributed by atoms with Crippen LogP contribution in [0.4, 0.5) is 0 Å².